The quantitative estimate of drug-likeness (QED) is 0.889. The predicted octanol–water partition coefficient (Wildman–Crippen LogP) is 2.80. The minimum atomic E-state index is -0.0342. The van der Waals surface area contributed by atoms with Crippen LogP contribution < -0.4 is 10.5 Å². The van der Waals surface area contributed by atoms with Crippen LogP contribution in [0, 0.1) is 0 Å². The molecule has 3 rings (SSSR count). The topological polar surface area (TPSA) is 44.5 Å². The largest absolute Gasteiger partial charge is 0.490 e. The molecule has 2 aliphatic rings. The fraction of sp³-hybridized carbons (Fsp3) is 0.600. The second-order valence-corrected chi connectivity index (χ2v) is 5.32. The first-order valence-electron chi connectivity index (χ1n) is 6.97. The summed E-state index contributed by atoms with van der Waals surface area (Å²) >= 11 is 0. The molecule has 18 heavy (non-hydrogen) atoms. The lowest BCUT2D eigenvalue weighted by Gasteiger charge is -2.28. The van der Waals surface area contributed by atoms with Crippen LogP contribution in [-0.4, -0.2) is 18.8 Å². The summed E-state index contributed by atoms with van der Waals surface area (Å²) in [6.07, 6.45) is 6.40. The molecule has 2 N–H and O–H groups in total. The highest BCUT2D eigenvalue weighted by molar-refractivity contribution is 5.31. The van der Waals surface area contributed by atoms with Crippen LogP contribution in [0.25, 0.3) is 0 Å². The van der Waals surface area contributed by atoms with Crippen LogP contribution in [0.15, 0.2) is 24.3 Å². The fourth-order valence-corrected chi connectivity index (χ4v) is 2.44. The zero-order chi connectivity index (χ0) is 12.4. The highest BCUT2D eigenvalue weighted by Gasteiger charge is 2.25. The van der Waals surface area contributed by atoms with Gasteiger partial charge in [-0.1, -0.05) is 12.1 Å². The molecule has 98 valence electrons. The molecule has 1 aliphatic heterocycles. The maximum atomic E-state index is 6.30. The molecule has 0 radical (unpaired) electrons. The summed E-state index contributed by atoms with van der Waals surface area (Å²) in [4.78, 5) is 0. The molecule has 1 saturated carbocycles. The molecule has 0 spiro atoms. The Morgan fingerprint density at radius 3 is 2.83 bits per heavy atom. The van der Waals surface area contributed by atoms with Crippen LogP contribution in [0.3, 0.4) is 0 Å². The molecule has 0 amide bonds. The van der Waals surface area contributed by atoms with Gasteiger partial charge in [0, 0.05) is 6.61 Å². The first kappa shape index (κ1) is 12.0. The molecular weight excluding hydrogens is 226 g/mol. The number of benzene rings is 1. The van der Waals surface area contributed by atoms with E-state index in [1.807, 2.05) is 12.1 Å². The van der Waals surface area contributed by atoms with Crippen molar-refractivity contribution >= 4 is 0 Å². The molecule has 2 atom stereocenters. The SMILES string of the molecule is NC(c1cccc(OC2CC2)c1)C1CCCCO1. The fourth-order valence-electron chi connectivity index (χ4n) is 2.44. The summed E-state index contributed by atoms with van der Waals surface area (Å²) < 4.78 is 11.6. The monoisotopic (exact) mass is 247 g/mol. The van der Waals surface area contributed by atoms with E-state index in [9.17, 15) is 0 Å². The van der Waals surface area contributed by atoms with E-state index >= 15 is 0 Å². The minimum Gasteiger partial charge on any atom is -0.490 e. The molecular formula is C15H21NO2. The summed E-state index contributed by atoms with van der Waals surface area (Å²) in [5.74, 6) is 0.946. The molecule has 1 heterocycles. The molecule has 2 fully saturated rings. The second-order valence-electron chi connectivity index (χ2n) is 5.32. The van der Waals surface area contributed by atoms with Crippen molar-refractivity contribution in [2.45, 2.75) is 50.4 Å². The third-order valence-corrected chi connectivity index (χ3v) is 3.69. The average molecular weight is 247 g/mol. The van der Waals surface area contributed by atoms with Crippen molar-refractivity contribution in [1.82, 2.24) is 0 Å². The Labute approximate surface area is 108 Å². The van der Waals surface area contributed by atoms with E-state index in [4.69, 9.17) is 15.2 Å². The zero-order valence-electron chi connectivity index (χ0n) is 10.7. The Hall–Kier alpha value is -1.06. The number of ether oxygens (including phenoxy) is 2. The van der Waals surface area contributed by atoms with Gasteiger partial charge in [0.2, 0.25) is 0 Å². The van der Waals surface area contributed by atoms with Crippen molar-refractivity contribution in [3.8, 4) is 5.75 Å². The molecule has 0 aromatic heterocycles. The maximum absolute atomic E-state index is 6.30. The van der Waals surface area contributed by atoms with Crippen LogP contribution >= 0.6 is 0 Å². The first-order chi connectivity index (χ1) is 8.83. The Morgan fingerprint density at radius 1 is 1.22 bits per heavy atom. The van der Waals surface area contributed by atoms with Crippen LogP contribution in [0.5, 0.6) is 5.75 Å². The van der Waals surface area contributed by atoms with Gasteiger partial charge in [-0.2, -0.15) is 0 Å². The predicted molar refractivity (Wildman–Crippen MR) is 70.6 cm³/mol. The molecule has 2 unspecified atom stereocenters. The van der Waals surface area contributed by atoms with E-state index in [-0.39, 0.29) is 12.1 Å². The van der Waals surface area contributed by atoms with Gasteiger partial charge in [-0.15, -0.1) is 0 Å². The second kappa shape index (κ2) is 5.29. The lowest BCUT2D eigenvalue weighted by molar-refractivity contribution is -0.0000211. The molecule has 1 aromatic rings. The van der Waals surface area contributed by atoms with Gasteiger partial charge in [0.15, 0.2) is 0 Å². The van der Waals surface area contributed by atoms with Gasteiger partial charge in [-0.3, -0.25) is 0 Å². The minimum absolute atomic E-state index is 0.0342. The van der Waals surface area contributed by atoms with Gasteiger partial charge >= 0.3 is 0 Å². The van der Waals surface area contributed by atoms with Crippen LogP contribution in [0.4, 0.5) is 0 Å². The summed E-state index contributed by atoms with van der Waals surface area (Å²) in [5, 5.41) is 0. The lowest BCUT2D eigenvalue weighted by Crippen LogP contribution is -2.31. The number of rotatable bonds is 4. The highest BCUT2D eigenvalue weighted by Crippen LogP contribution is 2.30. The summed E-state index contributed by atoms with van der Waals surface area (Å²) in [6, 6.07) is 8.14. The van der Waals surface area contributed by atoms with E-state index in [0.29, 0.717) is 6.10 Å². The molecule has 1 aliphatic carbocycles. The summed E-state index contributed by atoms with van der Waals surface area (Å²) in [5.41, 5.74) is 7.43. The number of nitrogens with two attached hydrogens (primary N) is 1. The number of hydrogen-bond donors (Lipinski definition) is 1. The third kappa shape index (κ3) is 2.85. The zero-order valence-corrected chi connectivity index (χ0v) is 10.7. The van der Waals surface area contributed by atoms with Crippen molar-refractivity contribution in [1.29, 1.82) is 0 Å². The molecule has 3 heteroatoms. The van der Waals surface area contributed by atoms with Crippen molar-refractivity contribution in [2.24, 2.45) is 5.73 Å². The molecule has 1 saturated heterocycles. The Bertz CT molecular complexity index is 397. The van der Waals surface area contributed by atoms with E-state index < -0.39 is 0 Å². The molecule has 0 bridgehead atoms. The van der Waals surface area contributed by atoms with Gasteiger partial charge in [0.25, 0.3) is 0 Å². The Morgan fingerprint density at radius 2 is 2.11 bits per heavy atom. The molecule has 1 aromatic carbocycles. The first-order valence-corrected chi connectivity index (χ1v) is 6.97. The van der Waals surface area contributed by atoms with Gasteiger partial charge in [0.05, 0.1) is 18.2 Å². The van der Waals surface area contributed by atoms with Crippen molar-refractivity contribution in [3.63, 3.8) is 0 Å². The Kier molecular flexibility index (Phi) is 3.52. The van der Waals surface area contributed by atoms with E-state index in [0.717, 1.165) is 30.8 Å². The van der Waals surface area contributed by atoms with Gasteiger partial charge in [0.1, 0.15) is 5.75 Å². The normalized spacial score (nSPS) is 25.7. The van der Waals surface area contributed by atoms with Crippen LogP contribution in [-0.2, 0) is 4.74 Å². The van der Waals surface area contributed by atoms with Gasteiger partial charge in [-0.25, -0.2) is 0 Å². The standard InChI is InChI=1S/C15H21NO2/c16-15(14-6-1-2-9-17-14)11-4-3-5-13(10-11)18-12-7-8-12/h3-5,10,12,14-15H,1-2,6-9,16H2. The van der Waals surface area contributed by atoms with Crippen LogP contribution in [0.1, 0.15) is 43.7 Å². The average Bonchev–Trinajstić information content (AvgIpc) is 3.23. The summed E-state index contributed by atoms with van der Waals surface area (Å²) in [6.45, 7) is 0.844. The molecule has 3 nitrogen and oxygen atoms in total. The Balaban J connectivity index is 1.69. The van der Waals surface area contributed by atoms with Crippen LogP contribution in [0.2, 0.25) is 0 Å². The van der Waals surface area contributed by atoms with Gasteiger partial charge in [-0.05, 0) is 49.8 Å². The van der Waals surface area contributed by atoms with E-state index in [1.54, 1.807) is 0 Å². The highest BCUT2D eigenvalue weighted by atomic mass is 16.5. The third-order valence-electron chi connectivity index (χ3n) is 3.69. The van der Waals surface area contributed by atoms with E-state index in [2.05, 4.69) is 12.1 Å². The maximum Gasteiger partial charge on any atom is 0.120 e. The van der Waals surface area contributed by atoms with Gasteiger partial charge < -0.3 is 15.2 Å². The summed E-state index contributed by atoms with van der Waals surface area (Å²) in [7, 11) is 0. The van der Waals surface area contributed by atoms with Crippen molar-refractivity contribution in [2.75, 3.05) is 6.61 Å². The van der Waals surface area contributed by atoms with Crippen molar-refractivity contribution in [3.05, 3.63) is 29.8 Å². The smallest absolute Gasteiger partial charge is 0.120 e. The lowest BCUT2D eigenvalue weighted by atomic mass is 9.96. The van der Waals surface area contributed by atoms with E-state index in [1.165, 1.54) is 19.3 Å². The van der Waals surface area contributed by atoms with Crippen molar-refractivity contribution < 1.29 is 9.47 Å². The number of hydrogen-bond acceptors (Lipinski definition) is 3.